The molecule has 0 bridgehead atoms. The van der Waals surface area contributed by atoms with Gasteiger partial charge in [0.1, 0.15) is 11.5 Å². The fourth-order valence-corrected chi connectivity index (χ4v) is 5.45. The highest BCUT2D eigenvalue weighted by Gasteiger charge is 2.29. The summed E-state index contributed by atoms with van der Waals surface area (Å²) in [5.41, 5.74) is 1.19. The van der Waals surface area contributed by atoms with Gasteiger partial charge in [0, 0.05) is 33.2 Å². The molecule has 0 aliphatic carbocycles. The van der Waals surface area contributed by atoms with Crippen LogP contribution in [0.1, 0.15) is 5.69 Å². The zero-order chi connectivity index (χ0) is 24.5. The number of nitrogens with zero attached hydrogens (tertiary/aromatic N) is 4. The molecule has 180 valence electrons. The van der Waals surface area contributed by atoms with Crippen LogP contribution in [0.4, 0.5) is 10.1 Å². The minimum absolute atomic E-state index is 0.0208. The predicted molar refractivity (Wildman–Crippen MR) is 126 cm³/mol. The van der Waals surface area contributed by atoms with Crippen molar-refractivity contribution in [2.75, 3.05) is 38.0 Å². The monoisotopic (exact) mass is 487 g/mol. The first-order chi connectivity index (χ1) is 16.2. The molecule has 0 spiro atoms. The third kappa shape index (κ3) is 4.67. The number of piperazine rings is 1. The summed E-state index contributed by atoms with van der Waals surface area (Å²) in [6.45, 7) is 2.81. The summed E-state index contributed by atoms with van der Waals surface area (Å²) < 4.78 is 43.4. The standard InChI is InChI=1S/C23H26FN5O4S/c1-17-22(23(31)29(26(17)2)19-8-4-3-5-9-19)25-21(30)16-27-11-13-28(14-12-27)34(32,33)20-10-6-7-18(24)15-20/h3-10,15H,11-14,16H2,1-2H3,(H,25,30). The maximum atomic E-state index is 13.5. The fourth-order valence-electron chi connectivity index (χ4n) is 4.00. The van der Waals surface area contributed by atoms with Crippen molar-refractivity contribution in [3.8, 4) is 5.69 Å². The number of carbonyl (C=O) groups is 1. The Morgan fingerprint density at radius 3 is 2.35 bits per heavy atom. The van der Waals surface area contributed by atoms with Crippen LogP contribution in [0.2, 0.25) is 0 Å². The highest BCUT2D eigenvalue weighted by molar-refractivity contribution is 7.89. The average Bonchev–Trinajstić information content (AvgIpc) is 3.03. The van der Waals surface area contributed by atoms with E-state index in [1.165, 1.54) is 27.2 Å². The third-order valence-electron chi connectivity index (χ3n) is 5.95. The normalized spacial score (nSPS) is 15.4. The zero-order valence-electron chi connectivity index (χ0n) is 18.9. The van der Waals surface area contributed by atoms with Crippen molar-refractivity contribution in [2.45, 2.75) is 11.8 Å². The molecular formula is C23H26FN5O4S. The van der Waals surface area contributed by atoms with Gasteiger partial charge in [-0.05, 0) is 37.3 Å². The molecule has 34 heavy (non-hydrogen) atoms. The lowest BCUT2D eigenvalue weighted by Crippen LogP contribution is -2.50. The maximum absolute atomic E-state index is 13.5. The molecule has 2 aromatic carbocycles. The second-order valence-corrected chi connectivity index (χ2v) is 10.1. The van der Waals surface area contributed by atoms with E-state index in [9.17, 15) is 22.4 Å². The van der Waals surface area contributed by atoms with Crippen molar-refractivity contribution >= 4 is 21.6 Å². The molecule has 1 fully saturated rings. The van der Waals surface area contributed by atoms with E-state index in [-0.39, 0.29) is 41.7 Å². The first kappa shape index (κ1) is 23.9. The van der Waals surface area contributed by atoms with Crippen molar-refractivity contribution in [3.05, 3.63) is 76.5 Å². The summed E-state index contributed by atoms with van der Waals surface area (Å²) >= 11 is 0. The first-order valence-corrected chi connectivity index (χ1v) is 12.2. The van der Waals surface area contributed by atoms with E-state index in [0.29, 0.717) is 24.5 Å². The Hall–Kier alpha value is -3.28. The van der Waals surface area contributed by atoms with E-state index in [4.69, 9.17) is 0 Å². The predicted octanol–water partition coefficient (Wildman–Crippen LogP) is 1.57. The van der Waals surface area contributed by atoms with Gasteiger partial charge in [0.2, 0.25) is 15.9 Å². The minimum atomic E-state index is -3.81. The summed E-state index contributed by atoms with van der Waals surface area (Å²) in [6.07, 6.45) is 0. The highest BCUT2D eigenvalue weighted by atomic mass is 32.2. The molecule has 1 N–H and O–H groups in total. The van der Waals surface area contributed by atoms with Gasteiger partial charge in [-0.2, -0.15) is 4.31 Å². The average molecular weight is 488 g/mol. The van der Waals surface area contributed by atoms with Crippen LogP contribution < -0.4 is 10.9 Å². The number of halogens is 1. The summed E-state index contributed by atoms with van der Waals surface area (Å²) in [5, 5.41) is 2.72. The SMILES string of the molecule is Cc1c(NC(=O)CN2CCN(S(=O)(=O)c3cccc(F)c3)CC2)c(=O)n(-c2ccccc2)n1C. The number of rotatable bonds is 6. The molecule has 1 aliphatic heterocycles. The third-order valence-corrected chi connectivity index (χ3v) is 7.85. The van der Waals surface area contributed by atoms with Crippen molar-refractivity contribution in [1.82, 2.24) is 18.6 Å². The lowest BCUT2D eigenvalue weighted by molar-refractivity contribution is -0.117. The Kier molecular flexibility index (Phi) is 6.69. The molecular weight excluding hydrogens is 461 g/mol. The summed E-state index contributed by atoms with van der Waals surface area (Å²) in [7, 11) is -2.06. The number of carbonyl (C=O) groups excluding carboxylic acids is 1. The van der Waals surface area contributed by atoms with Gasteiger partial charge in [0.15, 0.2) is 0 Å². The van der Waals surface area contributed by atoms with Crippen LogP contribution >= 0.6 is 0 Å². The van der Waals surface area contributed by atoms with Crippen molar-refractivity contribution in [3.63, 3.8) is 0 Å². The molecule has 11 heteroatoms. The van der Waals surface area contributed by atoms with E-state index < -0.39 is 15.8 Å². The van der Waals surface area contributed by atoms with Gasteiger partial charge in [-0.15, -0.1) is 0 Å². The van der Waals surface area contributed by atoms with Gasteiger partial charge >= 0.3 is 0 Å². The van der Waals surface area contributed by atoms with Crippen LogP contribution in [0.15, 0.2) is 64.3 Å². The summed E-state index contributed by atoms with van der Waals surface area (Å²) in [6, 6.07) is 14.1. The van der Waals surface area contributed by atoms with E-state index in [1.54, 1.807) is 18.7 Å². The van der Waals surface area contributed by atoms with Gasteiger partial charge in [-0.25, -0.2) is 17.5 Å². The number of para-hydroxylation sites is 1. The summed E-state index contributed by atoms with van der Waals surface area (Å²) in [5.74, 6) is -0.966. The molecule has 0 atom stereocenters. The van der Waals surface area contributed by atoms with Crippen molar-refractivity contribution in [1.29, 1.82) is 0 Å². The Labute approximate surface area is 197 Å². The largest absolute Gasteiger partial charge is 0.319 e. The van der Waals surface area contributed by atoms with E-state index in [2.05, 4.69) is 5.32 Å². The molecule has 1 aromatic heterocycles. The molecule has 0 unspecified atom stereocenters. The molecule has 0 saturated carbocycles. The van der Waals surface area contributed by atoms with Crippen molar-refractivity contribution < 1.29 is 17.6 Å². The van der Waals surface area contributed by atoms with Gasteiger partial charge in [0.05, 0.1) is 22.8 Å². The number of amides is 1. The molecule has 3 aromatic rings. The van der Waals surface area contributed by atoms with Crippen LogP contribution in [0.5, 0.6) is 0 Å². The molecule has 2 heterocycles. The number of benzene rings is 2. The number of nitrogens with one attached hydrogen (secondary N) is 1. The van der Waals surface area contributed by atoms with Crippen LogP contribution in [-0.4, -0.2) is 65.6 Å². The molecule has 1 saturated heterocycles. The van der Waals surface area contributed by atoms with Crippen LogP contribution in [0, 0.1) is 12.7 Å². The Morgan fingerprint density at radius 1 is 1.03 bits per heavy atom. The Bertz CT molecular complexity index is 1360. The van der Waals surface area contributed by atoms with Gasteiger partial charge in [-0.3, -0.25) is 19.2 Å². The van der Waals surface area contributed by atoms with Crippen LogP contribution in [0.3, 0.4) is 0 Å². The zero-order valence-corrected chi connectivity index (χ0v) is 19.8. The van der Waals surface area contributed by atoms with Crippen LogP contribution in [-0.2, 0) is 21.9 Å². The second kappa shape index (κ2) is 9.53. The number of anilines is 1. The number of aromatic nitrogens is 2. The maximum Gasteiger partial charge on any atom is 0.295 e. The van der Waals surface area contributed by atoms with Gasteiger partial charge in [0.25, 0.3) is 5.56 Å². The quantitative estimate of drug-likeness (QED) is 0.570. The molecule has 1 amide bonds. The van der Waals surface area contributed by atoms with E-state index >= 15 is 0 Å². The Morgan fingerprint density at radius 2 is 1.71 bits per heavy atom. The van der Waals surface area contributed by atoms with E-state index in [0.717, 1.165) is 6.07 Å². The number of hydrogen-bond donors (Lipinski definition) is 1. The van der Waals surface area contributed by atoms with Crippen LogP contribution in [0.25, 0.3) is 5.69 Å². The molecule has 1 aliphatic rings. The van der Waals surface area contributed by atoms with Gasteiger partial charge < -0.3 is 5.32 Å². The van der Waals surface area contributed by atoms with Crippen molar-refractivity contribution in [2.24, 2.45) is 7.05 Å². The first-order valence-electron chi connectivity index (χ1n) is 10.8. The summed E-state index contributed by atoms with van der Waals surface area (Å²) in [4.78, 5) is 27.4. The minimum Gasteiger partial charge on any atom is -0.319 e. The Balaban J connectivity index is 1.40. The highest BCUT2D eigenvalue weighted by Crippen LogP contribution is 2.19. The lowest BCUT2D eigenvalue weighted by atomic mass is 10.3. The molecule has 0 radical (unpaired) electrons. The number of hydrogen-bond acceptors (Lipinski definition) is 5. The second-order valence-electron chi connectivity index (χ2n) is 8.12. The molecule has 4 rings (SSSR count). The molecule has 9 nitrogen and oxygen atoms in total. The topological polar surface area (TPSA) is 96.7 Å². The fraction of sp³-hybridized carbons (Fsp3) is 0.304. The lowest BCUT2D eigenvalue weighted by Gasteiger charge is -2.33. The van der Waals surface area contributed by atoms with Gasteiger partial charge in [-0.1, -0.05) is 24.3 Å². The smallest absolute Gasteiger partial charge is 0.295 e. The number of sulfonamides is 1. The van der Waals surface area contributed by atoms with E-state index in [1.807, 2.05) is 35.2 Å².